The molecule has 0 fully saturated rings. The normalized spacial score (nSPS) is 11.9. The highest BCUT2D eigenvalue weighted by Gasteiger charge is 2.16. The largest absolute Gasteiger partial charge is 0.351 e. The molecule has 15 heavy (non-hydrogen) atoms. The molecule has 2 heteroatoms. The first-order chi connectivity index (χ1) is 6.87. The average Bonchev–Trinajstić information content (AvgIpc) is 2.11. The number of rotatable bonds is 7. The van der Waals surface area contributed by atoms with Crippen LogP contribution >= 0.6 is 0 Å². The van der Waals surface area contributed by atoms with Crippen LogP contribution in [0.4, 0.5) is 0 Å². The van der Waals surface area contributed by atoms with Crippen molar-refractivity contribution in [1.82, 2.24) is 5.32 Å². The van der Waals surface area contributed by atoms with Gasteiger partial charge in [-0.1, -0.05) is 33.6 Å². The molecule has 0 unspecified atom stereocenters. The minimum Gasteiger partial charge on any atom is -0.351 e. The van der Waals surface area contributed by atoms with Gasteiger partial charge in [0.05, 0.1) is 0 Å². The van der Waals surface area contributed by atoms with Crippen LogP contribution in [0.25, 0.3) is 0 Å². The van der Waals surface area contributed by atoms with E-state index in [0.717, 1.165) is 25.2 Å². The SMILES string of the molecule is CCC(C)(C)NC(=O)CCCCC(C)C. The predicted octanol–water partition coefficient (Wildman–Crippen LogP) is 3.51. The van der Waals surface area contributed by atoms with Crippen molar-refractivity contribution >= 4 is 5.91 Å². The number of carbonyl (C=O) groups excluding carboxylic acids is 1. The fourth-order valence-corrected chi connectivity index (χ4v) is 1.37. The summed E-state index contributed by atoms with van der Waals surface area (Å²) in [7, 11) is 0. The third kappa shape index (κ3) is 8.46. The molecule has 0 radical (unpaired) electrons. The molecule has 0 aliphatic heterocycles. The summed E-state index contributed by atoms with van der Waals surface area (Å²) in [5.41, 5.74) is -0.0465. The highest BCUT2D eigenvalue weighted by molar-refractivity contribution is 5.76. The number of hydrogen-bond donors (Lipinski definition) is 1. The van der Waals surface area contributed by atoms with Crippen LogP contribution in [0, 0.1) is 5.92 Å². The summed E-state index contributed by atoms with van der Waals surface area (Å²) >= 11 is 0. The monoisotopic (exact) mass is 213 g/mol. The Morgan fingerprint density at radius 2 is 1.87 bits per heavy atom. The molecule has 0 aliphatic rings. The highest BCUT2D eigenvalue weighted by atomic mass is 16.1. The van der Waals surface area contributed by atoms with E-state index in [1.807, 2.05) is 0 Å². The molecule has 0 aromatic rings. The van der Waals surface area contributed by atoms with Gasteiger partial charge in [-0.3, -0.25) is 4.79 Å². The van der Waals surface area contributed by atoms with Crippen LogP contribution < -0.4 is 5.32 Å². The first kappa shape index (κ1) is 14.5. The van der Waals surface area contributed by atoms with E-state index in [0.29, 0.717) is 6.42 Å². The molecule has 0 spiro atoms. The summed E-state index contributed by atoms with van der Waals surface area (Å²) in [6, 6.07) is 0. The van der Waals surface area contributed by atoms with Crippen molar-refractivity contribution in [3.8, 4) is 0 Å². The second-order valence-corrected chi connectivity index (χ2v) is 5.43. The maximum Gasteiger partial charge on any atom is 0.220 e. The Balaban J connectivity index is 3.58. The molecule has 2 nitrogen and oxygen atoms in total. The first-order valence-corrected chi connectivity index (χ1v) is 6.18. The van der Waals surface area contributed by atoms with Gasteiger partial charge < -0.3 is 5.32 Å². The van der Waals surface area contributed by atoms with E-state index >= 15 is 0 Å². The lowest BCUT2D eigenvalue weighted by Crippen LogP contribution is -2.42. The summed E-state index contributed by atoms with van der Waals surface area (Å²) in [4.78, 5) is 11.6. The van der Waals surface area contributed by atoms with Gasteiger partial charge in [-0.15, -0.1) is 0 Å². The van der Waals surface area contributed by atoms with Crippen LogP contribution in [0.5, 0.6) is 0 Å². The highest BCUT2D eigenvalue weighted by Crippen LogP contribution is 2.10. The minimum absolute atomic E-state index is 0.0465. The summed E-state index contributed by atoms with van der Waals surface area (Å²) < 4.78 is 0. The van der Waals surface area contributed by atoms with Crippen LogP contribution in [0.1, 0.15) is 66.7 Å². The van der Waals surface area contributed by atoms with Crippen LogP contribution in [0.2, 0.25) is 0 Å². The second kappa shape index (κ2) is 6.86. The first-order valence-electron chi connectivity index (χ1n) is 6.18. The van der Waals surface area contributed by atoms with Gasteiger partial charge in [0.1, 0.15) is 0 Å². The van der Waals surface area contributed by atoms with Gasteiger partial charge in [-0.2, -0.15) is 0 Å². The third-order valence-corrected chi connectivity index (χ3v) is 2.80. The number of carbonyl (C=O) groups is 1. The Morgan fingerprint density at radius 1 is 1.27 bits per heavy atom. The molecule has 0 bridgehead atoms. The van der Waals surface area contributed by atoms with Crippen LogP contribution in [-0.2, 0) is 4.79 Å². The van der Waals surface area contributed by atoms with Crippen molar-refractivity contribution in [2.75, 3.05) is 0 Å². The van der Waals surface area contributed by atoms with Gasteiger partial charge in [0.25, 0.3) is 0 Å². The van der Waals surface area contributed by atoms with Crippen LogP contribution in [-0.4, -0.2) is 11.4 Å². The lowest BCUT2D eigenvalue weighted by Gasteiger charge is -2.24. The molecule has 90 valence electrons. The van der Waals surface area contributed by atoms with Gasteiger partial charge in [0.15, 0.2) is 0 Å². The molecule has 0 aromatic carbocycles. The molecule has 0 atom stereocenters. The molecule has 0 heterocycles. The minimum atomic E-state index is -0.0465. The average molecular weight is 213 g/mol. The van der Waals surface area contributed by atoms with Crippen molar-refractivity contribution in [3.05, 3.63) is 0 Å². The van der Waals surface area contributed by atoms with E-state index in [-0.39, 0.29) is 11.4 Å². The van der Waals surface area contributed by atoms with Crippen molar-refractivity contribution in [3.63, 3.8) is 0 Å². The quantitative estimate of drug-likeness (QED) is 0.644. The number of hydrogen-bond acceptors (Lipinski definition) is 1. The van der Waals surface area contributed by atoms with Gasteiger partial charge >= 0.3 is 0 Å². The molecular weight excluding hydrogens is 186 g/mol. The van der Waals surface area contributed by atoms with E-state index in [4.69, 9.17) is 0 Å². The smallest absolute Gasteiger partial charge is 0.220 e. The van der Waals surface area contributed by atoms with E-state index in [2.05, 4.69) is 39.9 Å². The zero-order valence-corrected chi connectivity index (χ0v) is 11.0. The molecule has 0 aromatic heterocycles. The van der Waals surface area contributed by atoms with E-state index in [1.54, 1.807) is 0 Å². The standard InChI is InChI=1S/C13H27NO/c1-6-13(4,5)14-12(15)10-8-7-9-11(2)3/h11H,6-10H2,1-5H3,(H,14,15). The third-order valence-electron chi connectivity index (χ3n) is 2.80. The Morgan fingerprint density at radius 3 is 2.33 bits per heavy atom. The van der Waals surface area contributed by atoms with Crippen LogP contribution in [0.3, 0.4) is 0 Å². The number of nitrogens with one attached hydrogen (secondary N) is 1. The predicted molar refractivity (Wildman–Crippen MR) is 65.8 cm³/mol. The van der Waals surface area contributed by atoms with Crippen molar-refractivity contribution in [2.45, 2.75) is 72.3 Å². The molecular formula is C13H27NO. The van der Waals surface area contributed by atoms with Crippen molar-refractivity contribution in [2.24, 2.45) is 5.92 Å². The molecule has 0 rings (SSSR count). The molecule has 1 N–H and O–H groups in total. The van der Waals surface area contributed by atoms with Crippen LogP contribution in [0.15, 0.2) is 0 Å². The summed E-state index contributed by atoms with van der Waals surface area (Å²) in [5, 5.41) is 3.06. The fourth-order valence-electron chi connectivity index (χ4n) is 1.37. The molecule has 1 amide bonds. The van der Waals surface area contributed by atoms with E-state index in [1.165, 1.54) is 6.42 Å². The number of unbranched alkanes of at least 4 members (excludes halogenated alkanes) is 1. The molecule has 0 aliphatic carbocycles. The Hall–Kier alpha value is -0.530. The Labute approximate surface area is 94.8 Å². The van der Waals surface area contributed by atoms with Crippen molar-refractivity contribution in [1.29, 1.82) is 0 Å². The van der Waals surface area contributed by atoms with Gasteiger partial charge in [-0.25, -0.2) is 0 Å². The van der Waals surface area contributed by atoms with Gasteiger partial charge in [0, 0.05) is 12.0 Å². The van der Waals surface area contributed by atoms with E-state index in [9.17, 15) is 4.79 Å². The fraction of sp³-hybridized carbons (Fsp3) is 0.923. The zero-order chi connectivity index (χ0) is 11.9. The van der Waals surface area contributed by atoms with Gasteiger partial charge in [-0.05, 0) is 32.6 Å². The Kier molecular flexibility index (Phi) is 6.62. The summed E-state index contributed by atoms with van der Waals surface area (Å²) in [6.07, 6.45) is 5.06. The summed E-state index contributed by atoms with van der Waals surface area (Å²) in [6.45, 7) is 10.7. The molecule has 0 saturated carbocycles. The maximum atomic E-state index is 11.6. The molecule has 0 saturated heterocycles. The summed E-state index contributed by atoms with van der Waals surface area (Å²) in [5.74, 6) is 0.950. The Bertz CT molecular complexity index is 185. The maximum absolute atomic E-state index is 11.6. The van der Waals surface area contributed by atoms with Crippen molar-refractivity contribution < 1.29 is 4.79 Å². The lowest BCUT2D eigenvalue weighted by atomic mass is 10.0. The second-order valence-electron chi connectivity index (χ2n) is 5.43. The lowest BCUT2D eigenvalue weighted by molar-refractivity contribution is -0.122. The topological polar surface area (TPSA) is 29.1 Å². The van der Waals surface area contributed by atoms with E-state index < -0.39 is 0 Å². The number of amides is 1. The van der Waals surface area contributed by atoms with Gasteiger partial charge in [0.2, 0.25) is 5.91 Å². The zero-order valence-electron chi connectivity index (χ0n) is 11.0.